The second-order valence-electron chi connectivity index (χ2n) is 7.58. The Morgan fingerprint density at radius 3 is 2.50 bits per heavy atom. The van der Waals surface area contributed by atoms with Gasteiger partial charge in [0, 0.05) is 10.9 Å². The van der Waals surface area contributed by atoms with Crippen molar-refractivity contribution in [1.29, 1.82) is 0 Å². The molecular formula is C23H24O9. The molecule has 0 spiro atoms. The van der Waals surface area contributed by atoms with E-state index in [0.29, 0.717) is 27.9 Å². The van der Waals surface area contributed by atoms with Gasteiger partial charge in [-0.25, -0.2) is 4.79 Å². The fourth-order valence-corrected chi connectivity index (χ4v) is 3.59. The van der Waals surface area contributed by atoms with E-state index in [4.69, 9.17) is 18.6 Å². The number of carbonyl (C=O) groups excluding carboxylic acids is 1. The van der Waals surface area contributed by atoms with Crippen LogP contribution in [0.1, 0.15) is 21.7 Å². The fraction of sp³-hybridized carbons (Fsp3) is 0.348. The molecule has 1 fully saturated rings. The number of aliphatic hydroxyl groups is 4. The number of aliphatic hydroxyl groups excluding tert-OH is 4. The summed E-state index contributed by atoms with van der Waals surface area (Å²) in [6.45, 7) is 1.19. The summed E-state index contributed by atoms with van der Waals surface area (Å²) in [7, 11) is 0. The van der Waals surface area contributed by atoms with Gasteiger partial charge in [0.15, 0.2) is 11.3 Å². The predicted molar refractivity (Wildman–Crippen MR) is 111 cm³/mol. The van der Waals surface area contributed by atoms with E-state index in [1.54, 1.807) is 49.4 Å². The SMILES string of the molecule is Cc1cc2c(COC(=O)c3ccccc3)ccc(O[C@@H]3O[C@H](CO)[C@H](O)[C@H](O)[C@H]3O)c2o1. The smallest absolute Gasteiger partial charge is 0.338 e. The number of aryl methyl sites for hydroxylation is 1. The molecule has 3 aromatic rings. The Bertz CT molecular complexity index is 1080. The van der Waals surface area contributed by atoms with Crippen LogP contribution in [0.3, 0.4) is 0 Å². The van der Waals surface area contributed by atoms with E-state index in [2.05, 4.69) is 0 Å². The molecule has 1 aliphatic rings. The number of ether oxygens (including phenoxy) is 3. The summed E-state index contributed by atoms with van der Waals surface area (Å²) in [4.78, 5) is 12.3. The maximum absolute atomic E-state index is 12.3. The number of carbonyl (C=O) groups is 1. The molecule has 4 rings (SSSR count). The average Bonchev–Trinajstić information content (AvgIpc) is 3.21. The van der Waals surface area contributed by atoms with Crippen molar-refractivity contribution in [3.8, 4) is 5.75 Å². The topological polar surface area (TPSA) is 139 Å². The zero-order chi connectivity index (χ0) is 22.8. The monoisotopic (exact) mass is 444 g/mol. The lowest BCUT2D eigenvalue weighted by Crippen LogP contribution is -2.60. The standard InChI is InChI=1S/C23H24O9/c1-12-9-15-14(11-29-22(28)13-5-3-2-4-6-13)7-8-16(21(15)30-12)31-23-20(27)19(26)18(25)17(10-24)32-23/h2-9,17-20,23-27H,10-11H2,1H3/t17-,18+,19+,20-,23-/m1/s1. The van der Waals surface area contributed by atoms with Crippen molar-refractivity contribution >= 4 is 16.9 Å². The van der Waals surface area contributed by atoms with Crippen LogP contribution in [-0.2, 0) is 16.1 Å². The van der Waals surface area contributed by atoms with Crippen LogP contribution in [0, 0.1) is 6.92 Å². The maximum Gasteiger partial charge on any atom is 0.338 e. The van der Waals surface area contributed by atoms with E-state index >= 15 is 0 Å². The van der Waals surface area contributed by atoms with E-state index in [0.717, 1.165) is 0 Å². The molecule has 1 saturated heterocycles. The summed E-state index contributed by atoms with van der Waals surface area (Å²) in [5.74, 6) is 0.344. The third kappa shape index (κ3) is 4.34. The van der Waals surface area contributed by atoms with Gasteiger partial charge < -0.3 is 39.1 Å². The second-order valence-corrected chi connectivity index (χ2v) is 7.58. The summed E-state index contributed by atoms with van der Waals surface area (Å²) >= 11 is 0. The first-order valence-electron chi connectivity index (χ1n) is 10.1. The lowest BCUT2D eigenvalue weighted by molar-refractivity contribution is -0.277. The second kappa shape index (κ2) is 9.27. The first-order chi connectivity index (χ1) is 15.4. The summed E-state index contributed by atoms with van der Waals surface area (Å²) in [5, 5.41) is 40.1. The zero-order valence-corrected chi connectivity index (χ0v) is 17.2. The maximum atomic E-state index is 12.3. The van der Waals surface area contributed by atoms with Gasteiger partial charge in [-0.1, -0.05) is 24.3 Å². The van der Waals surface area contributed by atoms with Crippen LogP contribution in [0.2, 0.25) is 0 Å². The quantitative estimate of drug-likeness (QED) is 0.414. The first-order valence-corrected chi connectivity index (χ1v) is 10.1. The molecule has 1 aliphatic heterocycles. The molecule has 170 valence electrons. The highest BCUT2D eigenvalue weighted by Gasteiger charge is 2.45. The molecule has 9 nitrogen and oxygen atoms in total. The van der Waals surface area contributed by atoms with Crippen LogP contribution in [0.15, 0.2) is 52.9 Å². The van der Waals surface area contributed by atoms with Gasteiger partial charge in [0.25, 0.3) is 0 Å². The van der Waals surface area contributed by atoms with E-state index in [1.807, 2.05) is 6.07 Å². The van der Waals surface area contributed by atoms with Gasteiger partial charge in [-0.15, -0.1) is 0 Å². The number of benzene rings is 2. The van der Waals surface area contributed by atoms with Crippen molar-refractivity contribution in [1.82, 2.24) is 0 Å². The van der Waals surface area contributed by atoms with Crippen LogP contribution in [0.5, 0.6) is 5.75 Å². The highest BCUT2D eigenvalue weighted by atomic mass is 16.7. The Kier molecular flexibility index (Phi) is 6.45. The lowest BCUT2D eigenvalue weighted by atomic mass is 9.99. The van der Waals surface area contributed by atoms with Crippen LogP contribution in [-0.4, -0.2) is 63.7 Å². The van der Waals surface area contributed by atoms with Gasteiger partial charge in [0.05, 0.1) is 12.2 Å². The molecule has 5 atom stereocenters. The van der Waals surface area contributed by atoms with Gasteiger partial charge >= 0.3 is 5.97 Å². The molecule has 4 N–H and O–H groups in total. The highest BCUT2D eigenvalue weighted by Crippen LogP contribution is 2.34. The summed E-state index contributed by atoms with van der Waals surface area (Å²) < 4.78 is 22.3. The number of esters is 1. The number of rotatable bonds is 6. The molecule has 0 bridgehead atoms. The molecule has 9 heteroatoms. The Morgan fingerprint density at radius 1 is 1.03 bits per heavy atom. The predicted octanol–water partition coefficient (Wildman–Crippen LogP) is 1.28. The van der Waals surface area contributed by atoms with Gasteiger partial charge in [0.2, 0.25) is 6.29 Å². The average molecular weight is 444 g/mol. The Morgan fingerprint density at radius 2 is 1.78 bits per heavy atom. The Hall–Kier alpha value is -2.95. The zero-order valence-electron chi connectivity index (χ0n) is 17.2. The molecule has 0 unspecified atom stereocenters. The molecule has 2 aromatic carbocycles. The fourth-order valence-electron chi connectivity index (χ4n) is 3.59. The lowest BCUT2D eigenvalue weighted by Gasteiger charge is -2.39. The molecule has 32 heavy (non-hydrogen) atoms. The Balaban J connectivity index is 1.55. The first kappa shape index (κ1) is 22.3. The molecule has 0 amide bonds. The minimum atomic E-state index is -1.56. The van der Waals surface area contributed by atoms with Crippen molar-refractivity contribution in [2.75, 3.05) is 6.61 Å². The molecular weight excluding hydrogens is 420 g/mol. The molecule has 0 aliphatic carbocycles. The van der Waals surface area contributed by atoms with Crippen molar-refractivity contribution in [3.63, 3.8) is 0 Å². The number of hydrogen-bond acceptors (Lipinski definition) is 9. The minimum absolute atomic E-state index is 0.00350. The van der Waals surface area contributed by atoms with E-state index in [9.17, 15) is 25.2 Å². The third-order valence-corrected chi connectivity index (χ3v) is 5.32. The van der Waals surface area contributed by atoms with E-state index in [-0.39, 0.29) is 12.4 Å². The van der Waals surface area contributed by atoms with Crippen LogP contribution in [0.25, 0.3) is 11.0 Å². The Labute approximate surface area is 183 Å². The van der Waals surface area contributed by atoms with Gasteiger partial charge in [-0.2, -0.15) is 0 Å². The summed E-state index contributed by atoms with van der Waals surface area (Å²) in [5.41, 5.74) is 1.46. The number of hydrogen-bond donors (Lipinski definition) is 4. The van der Waals surface area contributed by atoms with Crippen LogP contribution in [0.4, 0.5) is 0 Å². The van der Waals surface area contributed by atoms with E-state index < -0.39 is 43.3 Å². The van der Waals surface area contributed by atoms with Crippen molar-refractivity contribution in [3.05, 3.63) is 65.4 Å². The minimum Gasteiger partial charge on any atom is -0.458 e. The van der Waals surface area contributed by atoms with Gasteiger partial charge in [0.1, 0.15) is 36.8 Å². The van der Waals surface area contributed by atoms with Crippen LogP contribution >= 0.6 is 0 Å². The van der Waals surface area contributed by atoms with E-state index in [1.165, 1.54) is 0 Å². The molecule has 0 saturated carbocycles. The van der Waals surface area contributed by atoms with Crippen molar-refractivity contribution in [2.45, 2.75) is 44.2 Å². The molecule has 1 aromatic heterocycles. The highest BCUT2D eigenvalue weighted by molar-refractivity contribution is 5.90. The normalized spacial score (nSPS) is 25.6. The molecule has 2 heterocycles. The van der Waals surface area contributed by atoms with Crippen molar-refractivity contribution in [2.24, 2.45) is 0 Å². The summed E-state index contributed by atoms with van der Waals surface area (Å²) in [6.07, 6.45) is -7.03. The van der Waals surface area contributed by atoms with Crippen molar-refractivity contribution < 1.29 is 43.8 Å². The largest absolute Gasteiger partial charge is 0.458 e. The van der Waals surface area contributed by atoms with Gasteiger partial charge in [-0.3, -0.25) is 0 Å². The number of fused-ring (bicyclic) bond motifs is 1. The number of furan rings is 1. The molecule has 0 radical (unpaired) electrons. The van der Waals surface area contributed by atoms with Gasteiger partial charge in [-0.05, 0) is 31.2 Å². The summed E-state index contributed by atoms with van der Waals surface area (Å²) in [6, 6.07) is 13.7. The third-order valence-electron chi connectivity index (χ3n) is 5.32. The van der Waals surface area contributed by atoms with Crippen LogP contribution < -0.4 is 4.74 Å².